The molecule has 0 aliphatic rings. The number of hydrogen-bond donors (Lipinski definition) is 0. The summed E-state index contributed by atoms with van der Waals surface area (Å²) in [5.74, 6) is 0.375. The second kappa shape index (κ2) is 6.20. The second-order valence-electron chi connectivity index (χ2n) is 4.48. The molecule has 0 amide bonds. The van der Waals surface area contributed by atoms with Gasteiger partial charge in [0.15, 0.2) is 0 Å². The summed E-state index contributed by atoms with van der Waals surface area (Å²) in [5, 5.41) is 0. The topological polar surface area (TPSA) is 0 Å². The van der Waals surface area contributed by atoms with Crippen LogP contribution in [0, 0.1) is 13.5 Å². The van der Waals surface area contributed by atoms with Crippen molar-refractivity contribution in [2.75, 3.05) is 0 Å². The van der Waals surface area contributed by atoms with Gasteiger partial charge >= 0.3 is 0 Å². The van der Waals surface area contributed by atoms with E-state index in [2.05, 4.69) is 49.4 Å². The van der Waals surface area contributed by atoms with E-state index in [4.69, 9.17) is 6.58 Å². The second-order valence-corrected chi connectivity index (χ2v) is 4.48. The highest BCUT2D eigenvalue weighted by Gasteiger charge is 2.14. The summed E-state index contributed by atoms with van der Waals surface area (Å²) < 4.78 is 0. The van der Waals surface area contributed by atoms with Crippen molar-refractivity contribution in [1.29, 1.82) is 0 Å². The van der Waals surface area contributed by atoms with Crippen molar-refractivity contribution in [3.05, 3.63) is 90.9 Å². The van der Waals surface area contributed by atoms with Gasteiger partial charge in [-0.2, -0.15) is 0 Å². The molecular weight excluding hydrogens is 216 g/mol. The molecule has 0 aliphatic carbocycles. The lowest BCUT2D eigenvalue weighted by molar-refractivity contribution is 0.726. The summed E-state index contributed by atoms with van der Waals surface area (Å²) in [6, 6.07) is 18.9. The van der Waals surface area contributed by atoms with Crippen molar-refractivity contribution in [2.24, 2.45) is 0 Å². The molecule has 0 heteroatoms. The first-order chi connectivity index (χ1) is 8.83. The molecule has 0 N–H and O–H groups in total. The fourth-order valence-electron chi connectivity index (χ4n) is 2.32. The highest BCUT2D eigenvalue weighted by Crippen LogP contribution is 2.31. The molecule has 0 heterocycles. The maximum Gasteiger partial charge on any atom is 0.00950 e. The number of hydrogen-bond acceptors (Lipinski definition) is 0. The van der Waals surface area contributed by atoms with Crippen LogP contribution in [0.1, 0.15) is 35.4 Å². The van der Waals surface area contributed by atoms with Gasteiger partial charge in [0.2, 0.25) is 0 Å². The van der Waals surface area contributed by atoms with Gasteiger partial charge < -0.3 is 0 Å². The molecule has 18 heavy (non-hydrogen) atoms. The van der Waals surface area contributed by atoms with Crippen LogP contribution in [-0.2, 0) is 0 Å². The van der Waals surface area contributed by atoms with Crippen LogP contribution in [0.2, 0.25) is 0 Å². The summed E-state index contributed by atoms with van der Waals surface area (Å²) >= 11 is 0. The van der Waals surface area contributed by atoms with Gasteiger partial charge in [-0.25, -0.2) is 0 Å². The monoisotopic (exact) mass is 234 g/mol. The molecule has 90 valence electrons. The van der Waals surface area contributed by atoms with Crippen molar-refractivity contribution < 1.29 is 0 Å². The van der Waals surface area contributed by atoms with E-state index in [1.54, 1.807) is 6.08 Å². The predicted octanol–water partition coefficient (Wildman–Crippen LogP) is 4.77. The quantitative estimate of drug-likeness (QED) is 0.699. The Morgan fingerprint density at radius 2 is 1.67 bits per heavy atom. The van der Waals surface area contributed by atoms with Gasteiger partial charge in [0.25, 0.3) is 0 Å². The molecule has 1 atom stereocenters. The summed E-state index contributed by atoms with van der Waals surface area (Å²) in [5.41, 5.74) is 3.73. The molecule has 0 saturated heterocycles. The highest BCUT2D eigenvalue weighted by molar-refractivity contribution is 5.39. The van der Waals surface area contributed by atoms with Crippen LogP contribution in [0.3, 0.4) is 0 Å². The fourth-order valence-corrected chi connectivity index (χ4v) is 2.32. The van der Waals surface area contributed by atoms with E-state index in [1.807, 2.05) is 12.1 Å². The van der Waals surface area contributed by atoms with E-state index < -0.39 is 0 Å². The van der Waals surface area contributed by atoms with Crippen molar-refractivity contribution >= 4 is 0 Å². The zero-order chi connectivity index (χ0) is 12.8. The zero-order valence-corrected chi connectivity index (χ0v) is 10.5. The Hall–Kier alpha value is -1.82. The molecule has 2 rings (SSSR count). The SMILES string of the molecule is [CH]=CCCC(c1ccccc1)c1ccccc1[CH2]. The van der Waals surface area contributed by atoms with E-state index in [1.165, 1.54) is 11.1 Å². The maximum absolute atomic E-state index is 5.53. The van der Waals surface area contributed by atoms with Crippen molar-refractivity contribution in [2.45, 2.75) is 18.8 Å². The first-order valence-electron chi connectivity index (χ1n) is 6.32. The van der Waals surface area contributed by atoms with Gasteiger partial charge in [0, 0.05) is 5.92 Å². The minimum atomic E-state index is 0.375. The maximum atomic E-state index is 5.53. The van der Waals surface area contributed by atoms with Crippen LogP contribution in [0.25, 0.3) is 0 Å². The summed E-state index contributed by atoms with van der Waals surface area (Å²) in [4.78, 5) is 0. The third kappa shape index (κ3) is 2.89. The predicted molar refractivity (Wildman–Crippen MR) is 77.3 cm³/mol. The average molecular weight is 234 g/mol. The smallest absolute Gasteiger partial charge is 0.00950 e. The average Bonchev–Trinajstić information content (AvgIpc) is 2.42. The molecule has 0 saturated carbocycles. The lowest BCUT2D eigenvalue weighted by Gasteiger charge is -2.19. The van der Waals surface area contributed by atoms with Crippen LogP contribution < -0.4 is 0 Å². The summed E-state index contributed by atoms with van der Waals surface area (Å²) in [7, 11) is 0. The summed E-state index contributed by atoms with van der Waals surface area (Å²) in [6.45, 7) is 9.66. The molecule has 0 aliphatic heterocycles. The highest BCUT2D eigenvalue weighted by atomic mass is 14.2. The molecule has 0 bridgehead atoms. The Bertz CT molecular complexity index is 496. The van der Waals surface area contributed by atoms with Gasteiger partial charge in [-0.05, 0) is 36.5 Å². The molecule has 0 nitrogen and oxygen atoms in total. The van der Waals surface area contributed by atoms with Crippen molar-refractivity contribution in [3.8, 4) is 0 Å². The molecule has 2 radical (unpaired) electrons. The molecule has 0 aromatic heterocycles. The number of rotatable bonds is 5. The number of benzene rings is 2. The van der Waals surface area contributed by atoms with E-state index >= 15 is 0 Å². The zero-order valence-electron chi connectivity index (χ0n) is 10.5. The third-order valence-corrected chi connectivity index (χ3v) is 3.25. The van der Waals surface area contributed by atoms with Crippen LogP contribution in [-0.4, -0.2) is 0 Å². The van der Waals surface area contributed by atoms with Crippen LogP contribution in [0.4, 0.5) is 0 Å². The molecule has 1 unspecified atom stereocenters. The van der Waals surface area contributed by atoms with E-state index in [0.717, 1.165) is 18.4 Å². The molecule has 0 fully saturated rings. The lowest BCUT2D eigenvalue weighted by atomic mass is 9.85. The molecule has 2 aromatic carbocycles. The van der Waals surface area contributed by atoms with Crippen LogP contribution in [0.5, 0.6) is 0 Å². The minimum absolute atomic E-state index is 0.375. The third-order valence-electron chi connectivity index (χ3n) is 3.25. The Labute approximate surface area is 110 Å². The molecular formula is C18H18. The number of allylic oxidation sites excluding steroid dienone is 1. The molecule has 0 spiro atoms. The minimum Gasteiger partial charge on any atom is -0.0845 e. The first-order valence-corrected chi connectivity index (χ1v) is 6.32. The van der Waals surface area contributed by atoms with Gasteiger partial charge in [-0.15, -0.1) is 0 Å². The standard InChI is InChI=1S/C18H18/c1-3-4-13-18(16-11-6-5-7-12-16)17-14-9-8-10-15(17)2/h1,3,5-12,14,18H,2,4,13H2. The van der Waals surface area contributed by atoms with Crippen LogP contribution in [0.15, 0.2) is 60.7 Å². The van der Waals surface area contributed by atoms with E-state index in [0.29, 0.717) is 5.92 Å². The van der Waals surface area contributed by atoms with Crippen molar-refractivity contribution in [1.82, 2.24) is 0 Å². The molecule has 2 aromatic rings. The Balaban J connectivity index is 2.37. The van der Waals surface area contributed by atoms with Gasteiger partial charge in [0.05, 0.1) is 0 Å². The Morgan fingerprint density at radius 3 is 2.33 bits per heavy atom. The van der Waals surface area contributed by atoms with Gasteiger partial charge in [-0.1, -0.05) is 67.3 Å². The van der Waals surface area contributed by atoms with Crippen molar-refractivity contribution in [3.63, 3.8) is 0 Å². The van der Waals surface area contributed by atoms with Gasteiger partial charge in [-0.3, -0.25) is 0 Å². The fraction of sp³-hybridized carbons (Fsp3) is 0.167. The Kier molecular flexibility index (Phi) is 4.35. The largest absolute Gasteiger partial charge is 0.0845 e. The van der Waals surface area contributed by atoms with E-state index in [-0.39, 0.29) is 0 Å². The lowest BCUT2D eigenvalue weighted by Crippen LogP contribution is -2.02. The Morgan fingerprint density at radius 1 is 1.00 bits per heavy atom. The normalized spacial score (nSPS) is 12.1. The first kappa shape index (κ1) is 12.6. The van der Waals surface area contributed by atoms with Crippen LogP contribution >= 0.6 is 0 Å². The van der Waals surface area contributed by atoms with Gasteiger partial charge in [0.1, 0.15) is 0 Å². The van der Waals surface area contributed by atoms with E-state index in [9.17, 15) is 0 Å². The summed E-state index contributed by atoms with van der Waals surface area (Å²) in [6.07, 6.45) is 3.67.